The maximum atomic E-state index is 12.3. The summed E-state index contributed by atoms with van der Waals surface area (Å²) in [6.07, 6.45) is 9.67. The van der Waals surface area contributed by atoms with Crippen LogP contribution in [0.25, 0.3) is 0 Å². The molecule has 6 heteroatoms. The fourth-order valence-electron chi connectivity index (χ4n) is 2.91. The molecule has 26 heavy (non-hydrogen) atoms. The zero-order chi connectivity index (χ0) is 18.2. The molecule has 2 N–H and O–H groups in total. The van der Waals surface area contributed by atoms with Gasteiger partial charge in [-0.05, 0) is 55.9 Å². The molecule has 5 nitrogen and oxygen atoms in total. The maximum absolute atomic E-state index is 12.3. The van der Waals surface area contributed by atoms with Gasteiger partial charge in [0.15, 0.2) is 0 Å². The van der Waals surface area contributed by atoms with Gasteiger partial charge in [0.25, 0.3) is 5.91 Å². The fourth-order valence-corrected chi connectivity index (χ4v) is 3.04. The summed E-state index contributed by atoms with van der Waals surface area (Å²) in [4.78, 5) is 20.8. The average Bonchev–Trinajstić information content (AvgIpc) is 2.68. The second-order valence-corrected chi connectivity index (χ2v) is 6.80. The van der Waals surface area contributed by atoms with Crippen molar-refractivity contribution < 1.29 is 4.79 Å². The maximum Gasteiger partial charge on any atom is 0.270 e. The third-order valence-corrected chi connectivity index (χ3v) is 4.62. The molecule has 1 amide bonds. The van der Waals surface area contributed by atoms with Gasteiger partial charge in [-0.25, -0.2) is 9.97 Å². The van der Waals surface area contributed by atoms with E-state index in [1.54, 1.807) is 12.3 Å². The van der Waals surface area contributed by atoms with E-state index in [4.69, 9.17) is 11.6 Å². The molecular formula is C20H23ClN4O. The smallest absolute Gasteiger partial charge is 0.270 e. The van der Waals surface area contributed by atoms with Crippen LogP contribution >= 0.6 is 11.6 Å². The van der Waals surface area contributed by atoms with E-state index in [1.807, 2.05) is 24.3 Å². The Morgan fingerprint density at radius 2 is 2.00 bits per heavy atom. The standard InChI is InChI=1S/C20H23ClN4O/c21-17-8-6-16(7-9-17)14-24-20-23-13-11-18(25-20)19(26)22-12-10-15-4-2-1-3-5-15/h4,6-9,11,13H,1-3,5,10,12,14H2,(H,22,26)(H,23,24,25). The van der Waals surface area contributed by atoms with Gasteiger partial charge < -0.3 is 10.6 Å². The number of nitrogens with one attached hydrogen (secondary N) is 2. The van der Waals surface area contributed by atoms with E-state index in [2.05, 4.69) is 26.7 Å². The van der Waals surface area contributed by atoms with E-state index >= 15 is 0 Å². The van der Waals surface area contributed by atoms with Gasteiger partial charge in [0.1, 0.15) is 5.69 Å². The van der Waals surface area contributed by atoms with Crippen molar-refractivity contribution in [1.82, 2.24) is 15.3 Å². The Morgan fingerprint density at radius 1 is 1.15 bits per heavy atom. The molecule has 3 rings (SSSR count). The lowest BCUT2D eigenvalue weighted by atomic mass is 9.97. The molecule has 0 saturated heterocycles. The minimum atomic E-state index is -0.168. The predicted molar refractivity (Wildman–Crippen MR) is 104 cm³/mol. The van der Waals surface area contributed by atoms with Crippen LogP contribution in [0.2, 0.25) is 5.02 Å². The molecule has 1 aromatic heterocycles. The van der Waals surface area contributed by atoms with Crippen molar-refractivity contribution >= 4 is 23.5 Å². The highest BCUT2D eigenvalue weighted by atomic mass is 35.5. The largest absolute Gasteiger partial charge is 0.350 e. The Hall–Kier alpha value is -2.40. The average molecular weight is 371 g/mol. The van der Waals surface area contributed by atoms with Gasteiger partial charge in [-0.1, -0.05) is 35.4 Å². The Bertz CT molecular complexity index is 774. The Balaban J connectivity index is 1.50. The fraction of sp³-hybridized carbons (Fsp3) is 0.350. The number of halogens is 1. The summed E-state index contributed by atoms with van der Waals surface area (Å²) in [5, 5.41) is 6.77. The number of hydrogen-bond donors (Lipinski definition) is 2. The summed E-state index contributed by atoms with van der Waals surface area (Å²) in [6, 6.07) is 9.18. The van der Waals surface area contributed by atoms with Crippen LogP contribution in [0.15, 0.2) is 48.2 Å². The molecule has 1 aliphatic rings. The number of aromatic nitrogens is 2. The van der Waals surface area contributed by atoms with Gasteiger partial charge >= 0.3 is 0 Å². The molecule has 0 saturated carbocycles. The van der Waals surface area contributed by atoms with Crippen LogP contribution in [0.3, 0.4) is 0 Å². The molecular weight excluding hydrogens is 348 g/mol. The highest BCUT2D eigenvalue weighted by Gasteiger charge is 2.09. The summed E-state index contributed by atoms with van der Waals surface area (Å²) in [7, 11) is 0. The Labute approximate surface area is 158 Å². The molecule has 0 radical (unpaired) electrons. The molecule has 0 aliphatic heterocycles. The number of carbonyl (C=O) groups excluding carboxylic acids is 1. The highest BCUT2D eigenvalue weighted by molar-refractivity contribution is 6.30. The SMILES string of the molecule is O=C(NCCC1=CCCCC1)c1ccnc(NCc2ccc(Cl)cc2)n1. The lowest BCUT2D eigenvalue weighted by Gasteiger charge is -2.13. The first-order valence-corrected chi connectivity index (χ1v) is 9.36. The molecule has 1 aromatic carbocycles. The molecule has 136 valence electrons. The number of nitrogens with zero attached hydrogens (tertiary/aromatic N) is 2. The van der Waals surface area contributed by atoms with Crippen LogP contribution in [-0.2, 0) is 6.54 Å². The Morgan fingerprint density at radius 3 is 2.77 bits per heavy atom. The van der Waals surface area contributed by atoms with E-state index in [9.17, 15) is 4.79 Å². The molecule has 0 bridgehead atoms. The van der Waals surface area contributed by atoms with Crippen molar-refractivity contribution in [3.63, 3.8) is 0 Å². The molecule has 0 fully saturated rings. The normalized spacial score (nSPS) is 13.8. The number of carbonyl (C=O) groups is 1. The topological polar surface area (TPSA) is 66.9 Å². The molecule has 0 atom stereocenters. The summed E-state index contributed by atoms with van der Waals surface area (Å²) in [5.41, 5.74) is 2.88. The van der Waals surface area contributed by atoms with Crippen molar-refractivity contribution in [3.05, 3.63) is 64.5 Å². The molecule has 0 unspecified atom stereocenters. The second kappa shape index (κ2) is 9.34. The molecule has 1 aliphatic carbocycles. The monoisotopic (exact) mass is 370 g/mol. The summed E-state index contributed by atoms with van der Waals surface area (Å²) < 4.78 is 0. The zero-order valence-corrected chi connectivity index (χ0v) is 15.4. The summed E-state index contributed by atoms with van der Waals surface area (Å²) in [6.45, 7) is 1.21. The molecule has 1 heterocycles. The minimum Gasteiger partial charge on any atom is -0.350 e. The van der Waals surface area contributed by atoms with Crippen LogP contribution in [0.5, 0.6) is 0 Å². The van der Waals surface area contributed by atoms with E-state index in [-0.39, 0.29) is 5.91 Å². The van der Waals surface area contributed by atoms with Crippen molar-refractivity contribution in [3.8, 4) is 0 Å². The van der Waals surface area contributed by atoms with Gasteiger partial charge in [0.05, 0.1) is 0 Å². The van der Waals surface area contributed by atoms with Crippen molar-refractivity contribution in [2.45, 2.75) is 38.6 Å². The first kappa shape index (κ1) is 18.4. The first-order chi connectivity index (χ1) is 12.7. The van der Waals surface area contributed by atoms with E-state index in [0.717, 1.165) is 24.8 Å². The van der Waals surface area contributed by atoms with Crippen molar-refractivity contribution in [2.24, 2.45) is 0 Å². The van der Waals surface area contributed by atoms with Crippen LogP contribution in [0.4, 0.5) is 5.95 Å². The molecule has 2 aromatic rings. The number of hydrogen-bond acceptors (Lipinski definition) is 4. The van der Waals surface area contributed by atoms with Gasteiger partial charge in [-0.3, -0.25) is 4.79 Å². The van der Waals surface area contributed by atoms with E-state index < -0.39 is 0 Å². The lowest BCUT2D eigenvalue weighted by molar-refractivity contribution is 0.0949. The van der Waals surface area contributed by atoms with E-state index in [1.165, 1.54) is 18.4 Å². The first-order valence-electron chi connectivity index (χ1n) is 8.98. The van der Waals surface area contributed by atoms with Crippen molar-refractivity contribution in [2.75, 3.05) is 11.9 Å². The second-order valence-electron chi connectivity index (χ2n) is 6.36. The summed E-state index contributed by atoms with van der Waals surface area (Å²) >= 11 is 5.88. The molecule has 0 spiro atoms. The van der Waals surface area contributed by atoms with Gasteiger partial charge in [-0.2, -0.15) is 0 Å². The third-order valence-electron chi connectivity index (χ3n) is 4.37. The van der Waals surface area contributed by atoms with Gasteiger partial charge in [0, 0.05) is 24.3 Å². The Kier molecular flexibility index (Phi) is 6.61. The number of rotatable bonds is 7. The van der Waals surface area contributed by atoms with Crippen LogP contribution in [-0.4, -0.2) is 22.4 Å². The zero-order valence-electron chi connectivity index (χ0n) is 14.7. The van der Waals surface area contributed by atoms with Crippen molar-refractivity contribution in [1.29, 1.82) is 0 Å². The predicted octanol–water partition coefficient (Wildman–Crippen LogP) is 4.36. The van der Waals surface area contributed by atoms with Crippen LogP contribution < -0.4 is 10.6 Å². The van der Waals surface area contributed by atoms with E-state index in [0.29, 0.717) is 29.8 Å². The highest BCUT2D eigenvalue weighted by Crippen LogP contribution is 2.19. The third kappa shape index (κ3) is 5.56. The minimum absolute atomic E-state index is 0.168. The number of anilines is 1. The summed E-state index contributed by atoms with van der Waals surface area (Å²) in [5.74, 6) is 0.265. The number of allylic oxidation sites excluding steroid dienone is 1. The van der Waals surface area contributed by atoms with Gasteiger partial charge in [0.2, 0.25) is 5.95 Å². The number of benzene rings is 1. The van der Waals surface area contributed by atoms with Gasteiger partial charge in [-0.15, -0.1) is 0 Å². The number of amides is 1. The quantitative estimate of drug-likeness (QED) is 0.710. The lowest BCUT2D eigenvalue weighted by Crippen LogP contribution is -2.26. The van der Waals surface area contributed by atoms with Crippen LogP contribution in [0.1, 0.15) is 48.2 Å². The van der Waals surface area contributed by atoms with Crippen LogP contribution in [0, 0.1) is 0 Å².